The molecule has 0 saturated carbocycles. The predicted octanol–water partition coefficient (Wildman–Crippen LogP) is 2.92. The molecule has 5 rings (SSSR count). The zero-order valence-electron chi connectivity index (χ0n) is 16.2. The van der Waals surface area contributed by atoms with Gasteiger partial charge in [0.05, 0.1) is 12.4 Å². The molecule has 2 aliphatic rings. The van der Waals surface area contributed by atoms with Crippen molar-refractivity contribution in [2.24, 2.45) is 5.92 Å². The van der Waals surface area contributed by atoms with E-state index in [9.17, 15) is 9.59 Å². The summed E-state index contributed by atoms with van der Waals surface area (Å²) in [6, 6.07) is 15.7. The summed E-state index contributed by atoms with van der Waals surface area (Å²) in [5.74, 6) is 0.496. The van der Waals surface area contributed by atoms with Gasteiger partial charge in [-0.05, 0) is 35.4 Å². The molecule has 3 aromatic rings. The molecule has 1 N–H and O–H groups in total. The van der Waals surface area contributed by atoms with Gasteiger partial charge in [-0.1, -0.05) is 24.3 Å². The van der Waals surface area contributed by atoms with Gasteiger partial charge in [-0.15, -0.1) is 0 Å². The first-order valence-electron chi connectivity index (χ1n) is 9.85. The summed E-state index contributed by atoms with van der Waals surface area (Å²) in [5, 5.41) is 3.24. The molecular formula is C23H22N4O2. The van der Waals surface area contributed by atoms with Crippen LogP contribution in [-0.2, 0) is 4.79 Å². The summed E-state index contributed by atoms with van der Waals surface area (Å²) < 4.78 is 1.90. The number of hydrogen-bond acceptors (Lipinski definition) is 3. The molecule has 2 amide bonds. The topological polar surface area (TPSA) is 67.2 Å². The monoisotopic (exact) mass is 386 g/mol. The van der Waals surface area contributed by atoms with E-state index in [0.717, 1.165) is 12.2 Å². The van der Waals surface area contributed by atoms with Crippen LogP contribution in [0.1, 0.15) is 40.4 Å². The Hall–Kier alpha value is -3.41. The van der Waals surface area contributed by atoms with Gasteiger partial charge in [-0.3, -0.25) is 9.59 Å². The summed E-state index contributed by atoms with van der Waals surface area (Å²) >= 11 is 0. The van der Waals surface area contributed by atoms with E-state index in [2.05, 4.69) is 22.4 Å². The molecule has 1 aliphatic carbocycles. The summed E-state index contributed by atoms with van der Waals surface area (Å²) in [5.41, 5.74) is 4.01. The summed E-state index contributed by atoms with van der Waals surface area (Å²) in [6.07, 6.45) is 5.32. The van der Waals surface area contributed by atoms with Gasteiger partial charge < -0.3 is 14.8 Å². The minimum absolute atomic E-state index is 0.0821. The number of nitrogens with zero attached hydrogens (tertiary/aromatic N) is 3. The molecule has 6 heteroatoms. The number of aromatic nitrogens is 2. The summed E-state index contributed by atoms with van der Waals surface area (Å²) in [4.78, 5) is 30.8. The zero-order valence-corrected chi connectivity index (χ0v) is 16.2. The fraction of sp³-hybridized carbons (Fsp3) is 0.261. The second-order valence-corrected chi connectivity index (χ2v) is 7.79. The van der Waals surface area contributed by atoms with Gasteiger partial charge in [-0.25, -0.2) is 4.98 Å². The number of carbonyl (C=O) groups excluding carboxylic acids is 2. The molecule has 6 nitrogen and oxygen atoms in total. The highest BCUT2D eigenvalue weighted by molar-refractivity contribution is 5.94. The normalized spacial score (nSPS) is 22.2. The van der Waals surface area contributed by atoms with Crippen molar-refractivity contribution in [1.82, 2.24) is 19.8 Å². The van der Waals surface area contributed by atoms with Crippen molar-refractivity contribution < 1.29 is 9.59 Å². The van der Waals surface area contributed by atoms with Crippen LogP contribution in [0.2, 0.25) is 0 Å². The number of hydrogen-bond donors (Lipinski definition) is 1. The first kappa shape index (κ1) is 17.7. The molecule has 0 unspecified atom stereocenters. The number of carbonyl (C=O) groups is 2. The second kappa shape index (κ2) is 6.88. The van der Waals surface area contributed by atoms with Gasteiger partial charge >= 0.3 is 0 Å². The van der Waals surface area contributed by atoms with E-state index in [-0.39, 0.29) is 29.7 Å². The first-order valence-corrected chi connectivity index (χ1v) is 9.85. The first-order chi connectivity index (χ1) is 14.1. The van der Waals surface area contributed by atoms with Gasteiger partial charge in [0.2, 0.25) is 5.91 Å². The Morgan fingerprint density at radius 1 is 1.03 bits per heavy atom. The highest BCUT2D eigenvalue weighted by Gasteiger charge is 2.47. The van der Waals surface area contributed by atoms with Crippen molar-refractivity contribution in [3.05, 3.63) is 83.9 Å². The van der Waals surface area contributed by atoms with Crippen LogP contribution in [0.25, 0.3) is 5.69 Å². The van der Waals surface area contributed by atoms with Crippen LogP contribution >= 0.6 is 0 Å². The molecule has 0 bridgehead atoms. The van der Waals surface area contributed by atoms with Gasteiger partial charge in [-0.2, -0.15) is 0 Å². The van der Waals surface area contributed by atoms with Gasteiger partial charge in [0, 0.05) is 55.5 Å². The van der Waals surface area contributed by atoms with E-state index >= 15 is 0 Å². The molecule has 3 atom stereocenters. The standard InChI is InChI=1S/C23H22N4O2/c1-15(28)27-12-20-18-4-2-3-5-19(18)22(21(20)13-27)25-23(29)16-6-8-17(9-7-16)26-11-10-24-14-26/h2-11,14,20-22H,12-13H2,1H3,(H,25,29)/t20-,21-,22+/m0/s1. The number of likely N-dealkylation sites (tertiary alicyclic amines) is 1. The van der Waals surface area contributed by atoms with E-state index in [1.807, 2.05) is 52.1 Å². The van der Waals surface area contributed by atoms with Crippen LogP contribution in [0, 0.1) is 5.92 Å². The smallest absolute Gasteiger partial charge is 0.251 e. The molecule has 1 fully saturated rings. The van der Waals surface area contributed by atoms with Crippen molar-refractivity contribution in [2.45, 2.75) is 18.9 Å². The number of benzene rings is 2. The van der Waals surface area contributed by atoms with E-state index < -0.39 is 0 Å². The molecule has 0 radical (unpaired) electrons. The molecular weight excluding hydrogens is 364 g/mol. The Morgan fingerprint density at radius 3 is 2.48 bits per heavy atom. The minimum Gasteiger partial charge on any atom is -0.345 e. The molecule has 1 aliphatic heterocycles. The molecule has 1 saturated heterocycles. The molecule has 1 aromatic heterocycles. The van der Waals surface area contributed by atoms with Crippen molar-refractivity contribution in [2.75, 3.05) is 13.1 Å². The summed E-state index contributed by atoms with van der Waals surface area (Å²) in [7, 11) is 0. The highest BCUT2D eigenvalue weighted by Crippen LogP contribution is 2.49. The van der Waals surface area contributed by atoms with E-state index in [4.69, 9.17) is 0 Å². The van der Waals surface area contributed by atoms with Gasteiger partial charge in [0.1, 0.15) is 0 Å². The van der Waals surface area contributed by atoms with Crippen LogP contribution in [0.5, 0.6) is 0 Å². The van der Waals surface area contributed by atoms with E-state index in [0.29, 0.717) is 12.1 Å². The molecule has 0 spiro atoms. The Kier molecular flexibility index (Phi) is 4.19. The van der Waals surface area contributed by atoms with E-state index in [1.165, 1.54) is 11.1 Å². The van der Waals surface area contributed by atoms with Crippen molar-refractivity contribution in [1.29, 1.82) is 0 Å². The number of imidazole rings is 1. The maximum Gasteiger partial charge on any atom is 0.251 e. The Bertz CT molecular complexity index is 1060. The lowest BCUT2D eigenvalue weighted by Crippen LogP contribution is -2.34. The largest absolute Gasteiger partial charge is 0.345 e. The molecule has 29 heavy (non-hydrogen) atoms. The van der Waals surface area contributed by atoms with Crippen molar-refractivity contribution >= 4 is 11.8 Å². The van der Waals surface area contributed by atoms with Crippen LogP contribution < -0.4 is 5.32 Å². The number of fused-ring (bicyclic) bond motifs is 3. The average molecular weight is 386 g/mol. The van der Waals surface area contributed by atoms with Crippen LogP contribution in [0.4, 0.5) is 0 Å². The second-order valence-electron chi connectivity index (χ2n) is 7.79. The Morgan fingerprint density at radius 2 is 1.79 bits per heavy atom. The Balaban J connectivity index is 1.39. The number of amides is 2. The van der Waals surface area contributed by atoms with Gasteiger partial charge in [0.25, 0.3) is 5.91 Å². The molecule has 2 heterocycles. The van der Waals surface area contributed by atoms with Crippen molar-refractivity contribution in [3.63, 3.8) is 0 Å². The van der Waals surface area contributed by atoms with Gasteiger partial charge in [0.15, 0.2) is 0 Å². The quantitative estimate of drug-likeness (QED) is 0.753. The maximum absolute atomic E-state index is 13.0. The highest BCUT2D eigenvalue weighted by atomic mass is 16.2. The zero-order chi connectivity index (χ0) is 20.0. The number of rotatable bonds is 3. The fourth-order valence-electron chi connectivity index (χ4n) is 4.72. The third-order valence-electron chi connectivity index (χ3n) is 6.19. The molecule has 2 aromatic carbocycles. The lowest BCUT2D eigenvalue weighted by molar-refractivity contribution is -0.128. The predicted molar refractivity (Wildman–Crippen MR) is 109 cm³/mol. The molecule has 146 valence electrons. The minimum atomic E-state index is -0.0936. The fourth-order valence-corrected chi connectivity index (χ4v) is 4.72. The number of nitrogens with one attached hydrogen (secondary N) is 1. The van der Waals surface area contributed by atoms with Crippen LogP contribution in [-0.4, -0.2) is 39.4 Å². The lowest BCUT2D eigenvalue weighted by Gasteiger charge is -2.22. The SMILES string of the molecule is CC(=O)N1C[C@@H]2[C@H](NC(=O)c3ccc(-n4ccnc4)cc3)c3ccccc3[C@@H]2C1. The third kappa shape index (κ3) is 3.01. The van der Waals surface area contributed by atoms with Crippen LogP contribution in [0.15, 0.2) is 67.3 Å². The lowest BCUT2D eigenvalue weighted by atomic mass is 9.94. The maximum atomic E-state index is 13.0. The average Bonchev–Trinajstić information content (AvgIpc) is 3.46. The van der Waals surface area contributed by atoms with E-state index in [1.54, 1.807) is 19.4 Å². The summed E-state index contributed by atoms with van der Waals surface area (Å²) in [6.45, 7) is 3.02. The van der Waals surface area contributed by atoms with Crippen LogP contribution in [0.3, 0.4) is 0 Å². The van der Waals surface area contributed by atoms with Crippen molar-refractivity contribution in [3.8, 4) is 5.69 Å². The third-order valence-corrected chi connectivity index (χ3v) is 6.19. The Labute approximate surface area is 169 Å².